The van der Waals surface area contributed by atoms with E-state index in [9.17, 15) is 9.59 Å². The Kier molecular flexibility index (Phi) is 5.49. The van der Waals surface area contributed by atoms with Gasteiger partial charge in [0.2, 0.25) is 5.91 Å². The first-order valence-electron chi connectivity index (χ1n) is 8.83. The van der Waals surface area contributed by atoms with Crippen molar-refractivity contribution < 1.29 is 9.59 Å². The molecule has 130 valence electrons. The molecule has 25 heavy (non-hydrogen) atoms. The quantitative estimate of drug-likeness (QED) is 0.790. The molecule has 4 heteroatoms. The van der Waals surface area contributed by atoms with Crippen LogP contribution in [-0.2, 0) is 11.2 Å². The molecule has 0 fully saturated rings. The molecule has 2 aromatic carbocycles. The van der Waals surface area contributed by atoms with Crippen LogP contribution in [0, 0.1) is 6.92 Å². The lowest BCUT2D eigenvalue weighted by molar-refractivity contribution is -0.121. The van der Waals surface area contributed by atoms with Gasteiger partial charge in [-0.3, -0.25) is 9.59 Å². The topological polar surface area (TPSA) is 49.4 Å². The first-order chi connectivity index (χ1) is 12.1. The monoisotopic (exact) mass is 336 g/mol. The van der Waals surface area contributed by atoms with Crippen molar-refractivity contribution in [3.63, 3.8) is 0 Å². The molecule has 0 saturated carbocycles. The number of anilines is 1. The molecule has 2 aromatic rings. The smallest absolute Gasteiger partial charge is 0.220 e. The van der Waals surface area contributed by atoms with E-state index in [1.54, 1.807) is 0 Å². The van der Waals surface area contributed by atoms with E-state index >= 15 is 0 Å². The van der Waals surface area contributed by atoms with Crippen LogP contribution in [0.25, 0.3) is 0 Å². The van der Waals surface area contributed by atoms with Gasteiger partial charge in [0.05, 0.1) is 0 Å². The van der Waals surface area contributed by atoms with Crippen molar-refractivity contribution in [3.8, 4) is 0 Å². The minimum Gasteiger partial charge on any atom is -0.369 e. The fourth-order valence-electron chi connectivity index (χ4n) is 3.31. The standard InChI is InChI=1S/C21H24N2O2/c1-16-6-2-4-8-18(16)20(24)10-11-21(25)22-13-15-23-14-12-17-7-3-5-9-19(17)23/h2-9H,10-15H2,1H3,(H,22,25). The van der Waals surface area contributed by atoms with Crippen molar-refractivity contribution in [2.24, 2.45) is 0 Å². The van der Waals surface area contributed by atoms with Gasteiger partial charge in [0.1, 0.15) is 0 Å². The summed E-state index contributed by atoms with van der Waals surface area (Å²) in [5, 5.41) is 2.93. The van der Waals surface area contributed by atoms with E-state index in [0.29, 0.717) is 12.1 Å². The zero-order chi connectivity index (χ0) is 17.6. The molecule has 0 bridgehead atoms. The highest BCUT2D eigenvalue weighted by atomic mass is 16.2. The zero-order valence-corrected chi connectivity index (χ0v) is 14.6. The highest BCUT2D eigenvalue weighted by Gasteiger charge is 2.18. The van der Waals surface area contributed by atoms with Gasteiger partial charge in [-0.1, -0.05) is 42.5 Å². The molecule has 0 atom stereocenters. The number of rotatable bonds is 7. The number of carbonyl (C=O) groups excluding carboxylic acids is 2. The van der Waals surface area contributed by atoms with E-state index in [-0.39, 0.29) is 24.5 Å². The number of aryl methyl sites for hydroxylation is 1. The fourth-order valence-corrected chi connectivity index (χ4v) is 3.31. The predicted octanol–water partition coefficient (Wildman–Crippen LogP) is 3.14. The summed E-state index contributed by atoms with van der Waals surface area (Å²) in [6.45, 7) is 4.32. The molecule has 3 rings (SSSR count). The van der Waals surface area contributed by atoms with E-state index in [2.05, 4.69) is 28.4 Å². The van der Waals surface area contributed by atoms with Crippen molar-refractivity contribution in [1.82, 2.24) is 5.32 Å². The number of ketones is 1. The normalized spacial score (nSPS) is 12.8. The minimum absolute atomic E-state index is 0.0294. The second kappa shape index (κ2) is 7.97. The second-order valence-corrected chi connectivity index (χ2v) is 6.45. The second-order valence-electron chi connectivity index (χ2n) is 6.45. The molecule has 1 amide bonds. The molecule has 1 heterocycles. The van der Waals surface area contributed by atoms with E-state index in [4.69, 9.17) is 0 Å². The predicted molar refractivity (Wildman–Crippen MR) is 100 cm³/mol. The summed E-state index contributed by atoms with van der Waals surface area (Å²) in [5.41, 5.74) is 4.31. The molecule has 0 saturated heterocycles. The van der Waals surface area contributed by atoms with Crippen molar-refractivity contribution in [2.45, 2.75) is 26.2 Å². The van der Waals surface area contributed by atoms with Gasteiger partial charge in [0.15, 0.2) is 5.78 Å². The third-order valence-electron chi connectivity index (χ3n) is 4.71. The average Bonchev–Trinajstić information content (AvgIpc) is 3.03. The van der Waals surface area contributed by atoms with Crippen LogP contribution in [0.1, 0.15) is 34.3 Å². The van der Waals surface area contributed by atoms with Crippen molar-refractivity contribution in [2.75, 3.05) is 24.5 Å². The number of benzene rings is 2. The number of para-hydroxylation sites is 1. The average molecular weight is 336 g/mol. The van der Waals surface area contributed by atoms with Crippen LogP contribution in [0.5, 0.6) is 0 Å². The Bertz CT molecular complexity index is 770. The van der Waals surface area contributed by atoms with Crippen LogP contribution in [0.15, 0.2) is 48.5 Å². The Morgan fingerprint density at radius 3 is 2.64 bits per heavy atom. The zero-order valence-electron chi connectivity index (χ0n) is 14.6. The van der Waals surface area contributed by atoms with Crippen molar-refractivity contribution >= 4 is 17.4 Å². The van der Waals surface area contributed by atoms with Gasteiger partial charge in [-0.25, -0.2) is 0 Å². The highest BCUT2D eigenvalue weighted by molar-refractivity contribution is 5.99. The number of fused-ring (bicyclic) bond motifs is 1. The summed E-state index contributed by atoms with van der Waals surface area (Å²) < 4.78 is 0. The lowest BCUT2D eigenvalue weighted by atomic mass is 10.0. The van der Waals surface area contributed by atoms with E-state index in [0.717, 1.165) is 25.1 Å². The lowest BCUT2D eigenvalue weighted by Crippen LogP contribution is -2.34. The minimum atomic E-state index is -0.0607. The van der Waals surface area contributed by atoms with Crippen LogP contribution in [0.4, 0.5) is 5.69 Å². The summed E-state index contributed by atoms with van der Waals surface area (Å²) in [7, 11) is 0. The molecule has 0 aromatic heterocycles. The van der Waals surface area contributed by atoms with Gasteiger partial charge in [-0.15, -0.1) is 0 Å². The summed E-state index contributed by atoms with van der Waals surface area (Å²) in [6, 6.07) is 15.9. The number of hydrogen-bond donors (Lipinski definition) is 1. The van der Waals surface area contributed by atoms with Crippen LogP contribution in [-0.4, -0.2) is 31.3 Å². The summed E-state index contributed by atoms with van der Waals surface area (Å²) in [4.78, 5) is 26.5. The third kappa shape index (κ3) is 4.27. The third-order valence-corrected chi connectivity index (χ3v) is 4.71. The lowest BCUT2D eigenvalue weighted by Gasteiger charge is -2.19. The molecule has 0 aliphatic carbocycles. The first kappa shape index (κ1) is 17.2. The number of nitrogens with zero attached hydrogens (tertiary/aromatic N) is 1. The molecule has 1 aliphatic rings. The fraction of sp³-hybridized carbons (Fsp3) is 0.333. The Morgan fingerprint density at radius 1 is 1.04 bits per heavy atom. The number of hydrogen-bond acceptors (Lipinski definition) is 3. The molecule has 1 N–H and O–H groups in total. The van der Waals surface area contributed by atoms with Gasteiger partial charge in [-0.2, -0.15) is 0 Å². The van der Waals surface area contributed by atoms with E-state index in [1.165, 1.54) is 11.3 Å². The first-order valence-corrected chi connectivity index (χ1v) is 8.83. The summed E-state index contributed by atoms with van der Waals surface area (Å²) in [5.74, 6) is -0.0314. The van der Waals surface area contributed by atoms with Crippen molar-refractivity contribution in [1.29, 1.82) is 0 Å². The van der Waals surface area contributed by atoms with Crippen LogP contribution >= 0.6 is 0 Å². The van der Waals surface area contributed by atoms with Crippen molar-refractivity contribution in [3.05, 3.63) is 65.2 Å². The maximum Gasteiger partial charge on any atom is 0.220 e. The summed E-state index contributed by atoms with van der Waals surface area (Å²) in [6.07, 6.45) is 1.56. The molecule has 0 unspecified atom stereocenters. The number of nitrogens with one attached hydrogen (secondary N) is 1. The maximum atomic E-state index is 12.2. The Balaban J connectivity index is 1.40. The number of amides is 1. The SMILES string of the molecule is Cc1ccccc1C(=O)CCC(=O)NCCN1CCc2ccccc21. The molecule has 4 nitrogen and oxygen atoms in total. The van der Waals surface area contributed by atoms with Gasteiger partial charge in [0.25, 0.3) is 0 Å². The van der Waals surface area contributed by atoms with Gasteiger partial charge in [-0.05, 0) is 30.5 Å². The van der Waals surface area contributed by atoms with E-state index in [1.807, 2.05) is 37.3 Å². The number of carbonyl (C=O) groups is 2. The Morgan fingerprint density at radius 2 is 1.80 bits per heavy atom. The van der Waals surface area contributed by atoms with E-state index < -0.39 is 0 Å². The molecular weight excluding hydrogens is 312 g/mol. The Hall–Kier alpha value is -2.62. The maximum absolute atomic E-state index is 12.2. The largest absolute Gasteiger partial charge is 0.369 e. The van der Waals surface area contributed by atoms with Crippen LogP contribution < -0.4 is 10.2 Å². The Labute approximate surface area is 148 Å². The highest BCUT2D eigenvalue weighted by Crippen LogP contribution is 2.26. The van der Waals surface area contributed by atoms with Gasteiger partial charge >= 0.3 is 0 Å². The molecule has 0 spiro atoms. The summed E-state index contributed by atoms with van der Waals surface area (Å²) >= 11 is 0. The number of Topliss-reactive ketones (excluding diaryl/α,β-unsaturated/α-hetero) is 1. The van der Waals surface area contributed by atoms with Crippen LogP contribution in [0.2, 0.25) is 0 Å². The van der Waals surface area contributed by atoms with Gasteiger partial charge < -0.3 is 10.2 Å². The molecule has 0 radical (unpaired) electrons. The molecule has 1 aliphatic heterocycles. The van der Waals surface area contributed by atoms with Crippen LogP contribution in [0.3, 0.4) is 0 Å². The molecular formula is C21H24N2O2. The van der Waals surface area contributed by atoms with Gasteiger partial charge in [0, 0.05) is 43.7 Å².